The Bertz CT molecular complexity index is 363. The third kappa shape index (κ3) is 3.53. The zero-order valence-corrected chi connectivity index (χ0v) is 11.3. The van der Waals surface area contributed by atoms with Crippen molar-refractivity contribution in [3.05, 3.63) is 35.6 Å². The Balaban J connectivity index is 1.90. The van der Waals surface area contributed by atoms with Crippen molar-refractivity contribution >= 4 is 0 Å². The number of rotatable bonds is 4. The van der Waals surface area contributed by atoms with Crippen molar-refractivity contribution in [1.29, 1.82) is 0 Å². The molecule has 1 aliphatic rings. The Labute approximate surface area is 109 Å². The fraction of sp³-hybridized carbons (Fsp3) is 0.600. The van der Waals surface area contributed by atoms with Gasteiger partial charge in [0, 0.05) is 31.7 Å². The number of nitrogens with one attached hydrogen (secondary N) is 1. The van der Waals surface area contributed by atoms with E-state index in [4.69, 9.17) is 0 Å². The van der Waals surface area contributed by atoms with Crippen LogP contribution in [0.4, 0.5) is 4.39 Å². The van der Waals surface area contributed by atoms with Crippen LogP contribution < -0.4 is 5.32 Å². The van der Waals surface area contributed by atoms with E-state index in [-0.39, 0.29) is 5.82 Å². The second-order valence-electron chi connectivity index (χ2n) is 5.23. The lowest BCUT2D eigenvalue weighted by Crippen LogP contribution is -2.53. The predicted octanol–water partition coefficient (Wildman–Crippen LogP) is 2.44. The molecule has 2 rings (SSSR count). The first-order valence-corrected chi connectivity index (χ1v) is 6.91. The highest BCUT2D eigenvalue weighted by molar-refractivity contribution is 5.17. The standard InChI is InChI=1S/C15H23FN2/c1-3-15-11-18(9-8-17-15)12(2)10-13-4-6-14(16)7-5-13/h4-7,12,15,17H,3,8-11H2,1-2H3. The van der Waals surface area contributed by atoms with Crippen molar-refractivity contribution in [2.75, 3.05) is 19.6 Å². The Morgan fingerprint density at radius 1 is 1.39 bits per heavy atom. The second-order valence-corrected chi connectivity index (χ2v) is 5.23. The van der Waals surface area contributed by atoms with E-state index in [9.17, 15) is 4.39 Å². The normalized spacial score (nSPS) is 22.9. The van der Waals surface area contributed by atoms with Gasteiger partial charge in [-0.1, -0.05) is 19.1 Å². The SMILES string of the molecule is CCC1CN(C(C)Cc2ccc(F)cc2)CCN1. The second kappa shape index (κ2) is 6.30. The van der Waals surface area contributed by atoms with Gasteiger partial charge in [0.2, 0.25) is 0 Å². The van der Waals surface area contributed by atoms with E-state index in [1.165, 1.54) is 12.0 Å². The summed E-state index contributed by atoms with van der Waals surface area (Å²) >= 11 is 0. The maximum Gasteiger partial charge on any atom is 0.123 e. The number of hydrogen-bond donors (Lipinski definition) is 1. The van der Waals surface area contributed by atoms with Crippen molar-refractivity contribution in [1.82, 2.24) is 10.2 Å². The highest BCUT2D eigenvalue weighted by Crippen LogP contribution is 2.12. The smallest absolute Gasteiger partial charge is 0.123 e. The van der Waals surface area contributed by atoms with Crippen LogP contribution in [0.1, 0.15) is 25.8 Å². The molecule has 0 amide bonds. The lowest BCUT2D eigenvalue weighted by molar-refractivity contribution is 0.150. The first kappa shape index (κ1) is 13.5. The molecule has 100 valence electrons. The van der Waals surface area contributed by atoms with Crippen LogP contribution in [0.2, 0.25) is 0 Å². The van der Waals surface area contributed by atoms with Crippen molar-refractivity contribution in [2.24, 2.45) is 0 Å². The van der Waals surface area contributed by atoms with E-state index in [0.717, 1.165) is 26.1 Å². The summed E-state index contributed by atoms with van der Waals surface area (Å²) in [4.78, 5) is 2.54. The van der Waals surface area contributed by atoms with Crippen LogP contribution in [0.15, 0.2) is 24.3 Å². The van der Waals surface area contributed by atoms with E-state index >= 15 is 0 Å². The Kier molecular flexibility index (Phi) is 4.72. The molecule has 1 heterocycles. The summed E-state index contributed by atoms with van der Waals surface area (Å²) in [5.74, 6) is -0.153. The first-order chi connectivity index (χ1) is 8.69. The Morgan fingerprint density at radius 2 is 2.11 bits per heavy atom. The van der Waals surface area contributed by atoms with Crippen LogP contribution in [0, 0.1) is 5.82 Å². The van der Waals surface area contributed by atoms with E-state index in [1.807, 2.05) is 12.1 Å². The molecule has 1 fully saturated rings. The van der Waals surface area contributed by atoms with E-state index in [2.05, 4.69) is 24.1 Å². The van der Waals surface area contributed by atoms with Gasteiger partial charge in [0.25, 0.3) is 0 Å². The fourth-order valence-electron chi connectivity index (χ4n) is 2.62. The number of halogens is 1. The van der Waals surface area contributed by atoms with Crippen LogP contribution in [0.3, 0.4) is 0 Å². The lowest BCUT2D eigenvalue weighted by Gasteiger charge is -2.37. The summed E-state index contributed by atoms with van der Waals surface area (Å²) < 4.78 is 12.9. The van der Waals surface area contributed by atoms with Crippen molar-refractivity contribution in [2.45, 2.75) is 38.8 Å². The summed E-state index contributed by atoms with van der Waals surface area (Å²) in [5, 5.41) is 3.53. The summed E-state index contributed by atoms with van der Waals surface area (Å²) in [6, 6.07) is 8.03. The molecule has 1 saturated heterocycles. The summed E-state index contributed by atoms with van der Waals surface area (Å²) in [7, 11) is 0. The zero-order valence-electron chi connectivity index (χ0n) is 11.3. The van der Waals surface area contributed by atoms with Crippen LogP contribution in [-0.2, 0) is 6.42 Å². The highest BCUT2D eigenvalue weighted by Gasteiger charge is 2.21. The molecule has 0 radical (unpaired) electrons. The van der Waals surface area contributed by atoms with Crippen LogP contribution in [0.5, 0.6) is 0 Å². The van der Waals surface area contributed by atoms with E-state index in [0.29, 0.717) is 12.1 Å². The number of benzene rings is 1. The average molecular weight is 250 g/mol. The molecular weight excluding hydrogens is 227 g/mol. The predicted molar refractivity (Wildman–Crippen MR) is 73.2 cm³/mol. The maximum absolute atomic E-state index is 12.9. The third-order valence-electron chi connectivity index (χ3n) is 3.85. The summed E-state index contributed by atoms with van der Waals surface area (Å²) in [6.07, 6.45) is 2.18. The molecule has 0 saturated carbocycles. The minimum Gasteiger partial charge on any atom is -0.311 e. The van der Waals surface area contributed by atoms with Gasteiger partial charge in [-0.3, -0.25) is 4.90 Å². The number of piperazine rings is 1. The topological polar surface area (TPSA) is 15.3 Å². The molecule has 3 heteroatoms. The van der Waals surface area contributed by atoms with Gasteiger partial charge in [-0.15, -0.1) is 0 Å². The average Bonchev–Trinajstić information content (AvgIpc) is 2.41. The van der Waals surface area contributed by atoms with Gasteiger partial charge in [0.1, 0.15) is 5.82 Å². The van der Waals surface area contributed by atoms with Gasteiger partial charge in [0.15, 0.2) is 0 Å². The molecule has 2 nitrogen and oxygen atoms in total. The fourth-order valence-corrected chi connectivity index (χ4v) is 2.62. The summed E-state index contributed by atoms with van der Waals surface area (Å²) in [5.41, 5.74) is 1.22. The van der Waals surface area contributed by atoms with Crippen LogP contribution in [-0.4, -0.2) is 36.6 Å². The maximum atomic E-state index is 12.9. The number of nitrogens with zero attached hydrogens (tertiary/aromatic N) is 1. The molecule has 0 aromatic heterocycles. The van der Waals surface area contributed by atoms with Crippen LogP contribution in [0.25, 0.3) is 0 Å². The molecular formula is C15H23FN2. The highest BCUT2D eigenvalue weighted by atomic mass is 19.1. The molecule has 0 aliphatic carbocycles. The van der Waals surface area contributed by atoms with Gasteiger partial charge >= 0.3 is 0 Å². The largest absolute Gasteiger partial charge is 0.311 e. The van der Waals surface area contributed by atoms with E-state index in [1.54, 1.807) is 12.1 Å². The monoisotopic (exact) mass is 250 g/mol. The van der Waals surface area contributed by atoms with Gasteiger partial charge in [-0.2, -0.15) is 0 Å². The Hall–Kier alpha value is -0.930. The van der Waals surface area contributed by atoms with Gasteiger partial charge < -0.3 is 5.32 Å². The minimum absolute atomic E-state index is 0.153. The van der Waals surface area contributed by atoms with Crippen molar-refractivity contribution in [3.8, 4) is 0 Å². The van der Waals surface area contributed by atoms with Crippen molar-refractivity contribution in [3.63, 3.8) is 0 Å². The molecule has 0 spiro atoms. The van der Waals surface area contributed by atoms with E-state index < -0.39 is 0 Å². The Morgan fingerprint density at radius 3 is 2.78 bits per heavy atom. The zero-order chi connectivity index (χ0) is 13.0. The third-order valence-corrected chi connectivity index (χ3v) is 3.85. The molecule has 18 heavy (non-hydrogen) atoms. The van der Waals surface area contributed by atoms with Crippen LogP contribution >= 0.6 is 0 Å². The first-order valence-electron chi connectivity index (χ1n) is 6.91. The molecule has 1 N–H and O–H groups in total. The van der Waals surface area contributed by atoms with Crippen molar-refractivity contribution < 1.29 is 4.39 Å². The molecule has 1 aromatic rings. The lowest BCUT2D eigenvalue weighted by atomic mass is 10.0. The number of hydrogen-bond acceptors (Lipinski definition) is 2. The molecule has 2 unspecified atom stereocenters. The molecule has 0 bridgehead atoms. The van der Waals surface area contributed by atoms with Gasteiger partial charge in [-0.05, 0) is 37.5 Å². The van der Waals surface area contributed by atoms with Gasteiger partial charge in [0.05, 0.1) is 0 Å². The molecule has 1 aromatic carbocycles. The molecule has 1 aliphatic heterocycles. The minimum atomic E-state index is -0.153. The quantitative estimate of drug-likeness (QED) is 0.883. The summed E-state index contributed by atoms with van der Waals surface area (Å²) in [6.45, 7) is 7.80. The molecule has 2 atom stereocenters. The van der Waals surface area contributed by atoms with Gasteiger partial charge in [-0.25, -0.2) is 4.39 Å².